The van der Waals surface area contributed by atoms with Gasteiger partial charge in [0.2, 0.25) is 5.88 Å². The molecule has 4 nitrogen and oxygen atoms in total. The molecule has 0 saturated carbocycles. The smallest absolute Gasteiger partial charge is 0.215 e. The molecule has 0 atom stereocenters. The molecular weight excluding hydrogens is 180 g/mol. The van der Waals surface area contributed by atoms with E-state index in [1.54, 1.807) is 12.3 Å². The molecule has 0 saturated heterocycles. The van der Waals surface area contributed by atoms with Crippen molar-refractivity contribution in [3.05, 3.63) is 30.5 Å². The third-order valence-electron chi connectivity index (χ3n) is 1.78. The van der Waals surface area contributed by atoms with Gasteiger partial charge >= 0.3 is 0 Å². The molecule has 0 aliphatic carbocycles. The SMILES string of the molecule is OCCOc1ccc2cccnc2n1. The maximum atomic E-state index is 8.57. The zero-order valence-corrected chi connectivity index (χ0v) is 7.55. The van der Waals surface area contributed by atoms with E-state index in [0.29, 0.717) is 11.5 Å². The number of pyridine rings is 2. The summed E-state index contributed by atoms with van der Waals surface area (Å²) in [6, 6.07) is 7.45. The summed E-state index contributed by atoms with van der Waals surface area (Å²) in [6.45, 7) is 0.243. The van der Waals surface area contributed by atoms with Gasteiger partial charge in [-0.1, -0.05) is 0 Å². The molecule has 0 aliphatic rings. The first-order valence-corrected chi connectivity index (χ1v) is 4.35. The zero-order chi connectivity index (χ0) is 9.80. The number of rotatable bonds is 3. The number of aliphatic hydroxyl groups is 1. The van der Waals surface area contributed by atoms with Crippen molar-refractivity contribution in [2.75, 3.05) is 13.2 Å². The summed E-state index contributed by atoms with van der Waals surface area (Å²) >= 11 is 0. The van der Waals surface area contributed by atoms with Crippen molar-refractivity contribution in [1.29, 1.82) is 0 Å². The predicted molar refractivity (Wildman–Crippen MR) is 52.1 cm³/mol. The fraction of sp³-hybridized carbons (Fsp3) is 0.200. The van der Waals surface area contributed by atoms with Crippen LogP contribution in [0, 0.1) is 0 Å². The van der Waals surface area contributed by atoms with E-state index in [-0.39, 0.29) is 13.2 Å². The summed E-state index contributed by atoms with van der Waals surface area (Å²) in [5, 5.41) is 9.55. The fourth-order valence-electron chi connectivity index (χ4n) is 1.17. The van der Waals surface area contributed by atoms with Crippen molar-refractivity contribution < 1.29 is 9.84 Å². The van der Waals surface area contributed by atoms with Gasteiger partial charge in [0.25, 0.3) is 0 Å². The topological polar surface area (TPSA) is 55.2 Å². The van der Waals surface area contributed by atoms with Crippen molar-refractivity contribution in [2.45, 2.75) is 0 Å². The average Bonchev–Trinajstić information content (AvgIpc) is 2.26. The highest BCUT2D eigenvalue weighted by atomic mass is 16.5. The Morgan fingerprint density at radius 2 is 2.21 bits per heavy atom. The van der Waals surface area contributed by atoms with E-state index < -0.39 is 0 Å². The monoisotopic (exact) mass is 190 g/mol. The van der Waals surface area contributed by atoms with Crippen LogP contribution < -0.4 is 4.74 Å². The lowest BCUT2D eigenvalue weighted by Crippen LogP contribution is -2.03. The largest absolute Gasteiger partial charge is 0.475 e. The van der Waals surface area contributed by atoms with Gasteiger partial charge in [-0.2, -0.15) is 4.98 Å². The minimum Gasteiger partial charge on any atom is -0.475 e. The van der Waals surface area contributed by atoms with Gasteiger partial charge in [0.15, 0.2) is 5.65 Å². The number of hydrogen-bond acceptors (Lipinski definition) is 4. The Bertz CT molecular complexity index is 431. The number of ether oxygens (including phenoxy) is 1. The summed E-state index contributed by atoms with van der Waals surface area (Å²) in [4.78, 5) is 8.26. The summed E-state index contributed by atoms with van der Waals surface area (Å²) in [7, 11) is 0. The van der Waals surface area contributed by atoms with Crippen LogP contribution in [0.3, 0.4) is 0 Å². The standard InChI is InChI=1S/C10H10N2O2/c13-6-7-14-9-4-3-8-2-1-5-11-10(8)12-9/h1-5,13H,6-7H2. The van der Waals surface area contributed by atoms with Crippen molar-refractivity contribution >= 4 is 11.0 Å². The van der Waals surface area contributed by atoms with Crippen LogP contribution in [-0.2, 0) is 0 Å². The minimum absolute atomic E-state index is 0.0120. The average molecular weight is 190 g/mol. The molecule has 4 heteroatoms. The fourth-order valence-corrected chi connectivity index (χ4v) is 1.17. The summed E-state index contributed by atoms with van der Waals surface area (Å²) in [5.41, 5.74) is 0.655. The second-order valence-corrected chi connectivity index (χ2v) is 2.77. The van der Waals surface area contributed by atoms with Crippen molar-refractivity contribution in [1.82, 2.24) is 9.97 Å². The third kappa shape index (κ3) is 1.80. The quantitative estimate of drug-likeness (QED) is 0.784. The Morgan fingerprint density at radius 1 is 1.29 bits per heavy atom. The van der Waals surface area contributed by atoms with Crippen LogP contribution in [0.25, 0.3) is 11.0 Å². The highest BCUT2D eigenvalue weighted by Crippen LogP contribution is 2.13. The van der Waals surface area contributed by atoms with Crippen LogP contribution in [0.2, 0.25) is 0 Å². The first kappa shape index (κ1) is 8.90. The molecule has 72 valence electrons. The number of nitrogens with zero attached hydrogens (tertiary/aromatic N) is 2. The lowest BCUT2D eigenvalue weighted by molar-refractivity contribution is 0.197. The van der Waals surface area contributed by atoms with Crippen molar-refractivity contribution in [3.63, 3.8) is 0 Å². The summed E-state index contributed by atoms with van der Waals surface area (Å²) < 4.78 is 5.16. The predicted octanol–water partition coefficient (Wildman–Crippen LogP) is 1.00. The third-order valence-corrected chi connectivity index (χ3v) is 1.78. The van der Waals surface area contributed by atoms with E-state index >= 15 is 0 Å². The van der Waals surface area contributed by atoms with E-state index in [4.69, 9.17) is 9.84 Å². The molecule has 2 aromatic heterocycles. The molecule has 14 heavy (non-hydrogen) atoms. The number of fused-ring (bicyclic) bond motifs is 1. The summed E-state index contributed by atoms with van der Waals surface area (Å²) in [5.74, 6) is 0.491. The lowest BCUT2D eigenvalue weighted by atomic mass is 10.3. The van der Waals surface area contributed by atoms with E-state index in [1.165, 1.54) is 0 Å². The van der Waals surface area contributed by atoms with Gasteiger partial charge in [-0.25, -0.2) is 4.98 Å². The second-order valence-electron chi connectivity index (χ2n) is 2.77. The van der Waals surface area contributed by atoms with E-state index in [1.807, 2.05) is 18.2 Å². The Morgan fingerprint density at radius 3 is 3.07 bits per heavy atom. The second kappa shape index (κ2) is 4.02. The Kier molecular flexibility index (Phi) is 2.55. The molecule has 0 fully saturated rings. The lowest BCUT2D eigenvalue weighted by Gasteiger charge is -2.03. The molecule has 0 radical (unpaired) electrons. The molecule has 0 aliphatic heterocycles. The van der Waals surface area contributed by atoms with Gasteiger partial charge < -0.3 is 9.84 Å². The van der Waals surface area contributed by atoms with E-state index in [0.717, 1.165) is 5.39 Å². The highest BCUT2D eigenvalue weighted by molar-refractivity contribution is 5.74. The van der Waals surface area contributed by atoms with Crippen LogP contribution in [0.1, 0.15) is 0 Å². The molecule has 0 aromatic carbocycles. The molecule has 2 rings (SSSR count). The molecule has 0 unspecified atom stereocenters. The van der Waals surface area contributed by atoms with Crippen molar-refractivity contribution in [3.8, 4) is 5.88 Å². The molecular formula is C10H10N2O2. The van der Waals surface area contributed by atoms with Crippen molar-refractivity contribution in [2.24, 2.45) is 0 Å². The maximum Gasteiger partial charge on any atom is 0.215 e. The Labute approximate surface area is 81.2 Å². The highest BCUT2D eigenvalue weighted by Gasteiger charge is 1.98. The Balaban J connectivity index is 2.32. The van der Waals surface area contributed by atoms with Gasteiger partial charge in [0, 0.05) is 17.6 Å². The molecule has 0 bridgehead atoms. The molecule has 0 amide bonds. The van der Waals surface area contributed by atoms with Gasteiger partial charge in [-0.15, -0.1) is 0 Å². The van der Waals surface area contributed by atoms with Crippen LogP contribution in [-0.4, -0.2) is 28.3 Å². The first-order valence-electron chi connectivity index (χ1n) is 4.35. The van der Waals surface area contributed by atoms with E-state index in [2.05, 4.69) is 9.97 Å². The number of aromatic nitrogens is 2. The number of hydrogen-bond donors (Lipinski definition) is 1. The minimum atomic E-state index is -0.0120. The zero-order valence-electron chi connectivity index (χ0n) is 7.55. The van der Waals surface area contributed by atoms with Crippen LogP contribution in [0.15, 0.2) is 30.5 Å². The van der Waals surface area contributed by atoms with Crippen LogP contribution in [0.5, 0.6) is 5.88 Å². The van der Waals surface area contributed by atoms with E-state index in [9.17, 15) is 0 Å². The van der Waals surface area contributed by atoms with Crippen LogP contribution >= 0.6 is 0 Å². The Hall–Kier alpha value is -1.68. The molecule has 2 aromatic rings. The van der Waals surface area contributed by atoms with Gasteiger partial charge in [-0.05, 0) is 18.2 Å². The maximum absolute atomic E-state index is 8.57. The number of aliphatic hydroxyl groups excluding tert-OH is 1. The molecule has 1 N–H and O–H groups in total. The normalized spacial score (nSPS) is 10.4. The summed E-state index contributed by atoms with van der Waals surface area (Å²) in [6.07, 6.45) is 1.69. The molecule has 0 spiro atoms. The first-order chi connectivity index (χ1) is 6.90. The molecule has 2 heterocycles. The van der Waals surface area contributed by atoms with Crippen LogP contribution in [0.4, 0.5) is 0 Å². The van der Waals surface area contributed by atoms with Gasteiger partial charge in [0.1, 0.15) is 6.61 Å². The van der Waals surface area contributed by atoms with Gasteiger partial charge in [-0.3, -0.25) is 0 Å². The van der Waals surface area contributed by atoms with Gasteiger partial charge in [0.05, 0.1) is 6.61 Å².